The van der Waals surface area contributed by atoms with Crippen LogP contribution in [0, 0.1) is 0 Å². The fourth-order valence-electron chi connectivity index (χ4n) is 4.64. The van der Waals surface area contributed by atoms with E-state index in [1.165, 1.54) is 48.5 Å². The number of rotatable bonds is 8. The summed E-state index contributed by atoms with van der Waals surface area (Å²) in [7, 11) is -14.4. The number of hydrogen-bond acceptors (Lipinski definition) is 11. The van der Waals surface area contributed by atoms with E-state index in [9.17, 15) is 53.6 Å². The predicted molar refractivity (Wildman–Crippen MR) is 172 cm³/mol. The van der Waals surface area contributed by atoms with Gasteiger partial charge in [-0.25, -0.2) is 0 Å². The Kier molecular flexibility index (Phi) is 10.6. The number of phenolic OH excluding ortho intramolecular Hbond substituents is 1. The Hall–Kier alpha value is -4.31. The van der Waals surface area contributed by atoms with Crippen LogP contribution >= 0.6 is 0 Å². The van der Waals surface area contributed by atoms with Crippen molar-refractivity contribution in [3.05, 3.63) is 84.4 Å². The normalized spacial score (nSPS) is 12.2. The molecule has 248 valence electrons. The first-order chi connectivity index (χ1) is 22.3. The molecule has 49 heavy (non-hydrogen) atoms. The zero-order chi connectivity index (χ0) is 35.2. The molecule has 0 spiro atoms. The van der Waals surface area contributed by atoms with E-state index < -0.39 is 63.4 Å². The molecule has 5 rings (SSSR count). The number of nitrogens with zero attached hydrogens (tertiary/aromatic N) is 2. The van der Waals surface area contributed by atoms with Gasteiger partial charge in [0.05, 0.1) is 21.2 Å². The number of azo groups is 1. The van der Waals surface area contributed by atoms with E-state index in [0.717, 1.165) is 25.1 Å². The smallest absolute Gasteiger partial charge is 0.505 e. The van der Waals surface area contributed by atoms with Crippen LogP contribution in [-0.4, -0.2) is 55.8 Å². The van der Waals surface area contributed by atoms with Gasteiger partial charge in [0.25, 0.3) is 36.3 Å². The van der Waals surface area contributed by atoms with E-state index in [2.05, 4.69) is 20.9 Å². The fourth-order valence-corrected chi connectivity index (χ4v) is 6.36. The number of aromatic hydroxyl groups is 1. The number of hydrogen-bond donors (Lipinski definition) is 6. The molecule has 5 aromatic carbocycles. The second kappa shape index (κ2) is 13.9. The summed E-state index contributed by atoms with van der Waals surface area (Å²) in [5.74, 6) is -2.15. The first-order valence-corrected chi connectivity index (χ1v) is 17.5. The Labute approximate surface area is 300 Å². The molecule has 0 radical (unpaired) electrons. The SMILES string of the molecule is CC(=O)Nc1cc(S(=O)(=O)O)cc2cc(S(=O)(=O)O)c(N=Nc3ccc(C(=O)Nc4ccc5cc(S(=O)(=O)O)ccc5c4)cc3)c(O)c12.[Na+]. The molecule has 0 unspecified atom stereocenters. The Bertz CT molecular complexity index is 2540. The third-order valence-corrected chi connectivity index (χ3v) is 9.32. The number of phenols is 1. The summed E-state index contributed by atoms with van der Waals surface area (Å²) in [6.07, 6.45) is 0. The monoisotopic (exact) mass is 737 g/mol. The molecule has 0 aliphatic heterocycles. The molecule has 5 aromatic rings. The van der Waals surface area contributed by atoms with Crippen LogP contribution in [0.3, 0.4) is 0 Å². The molecule has 0 heterocycles. The fraction of sp³-hybridized carbons (Fsp3) is 0.0345. The number of benzene rings is 5. The van der Waals surface area contributed by atoms with Crippen molar-refractivity contribution >= 4 is 86.5 Å². The first kappa shape index (κ1) is 37.5. The summed E-state index contributed by atoms with van der Waals surface area (Å²) in [6.45, 7) is 1.08. The summed E-state index contributed by atoms with van der Waals surface area (Å²) in [4.78, 5) is 22.6. The van der Waals surface area contributed by atoms with Crippen molar-refractivity contribution in [2.24, 2.45) is 10.2 Å². The molecule has 0 atom stereocenters. The third kappa shape index (κ3) is 8.47. The molecule has 0 aromatic heterocycles. The molecule has 0 bridgehead atoms. The van der Waals surface area contributed by atoms with Crippen LogP contribution in [-0.2, 0) is 35.1 Å². The van der Waals surface area contributed by atoms with Crippen molar-refractivity contribution in [2.75, 3.05) is 10.6 Å². The van der Waals surface area contributed by atoms with Crippen LogP contribution in [0.25, 0.3) is 21.5 Å². The minimum atomic E-state index is -5.11. The molecule has 2 amide bonds. The minimum absolute atomic E-state index is 0. The Morgan fingerprint density at radius 1 is 0.653 bits per heavy atom. The Morgan fingerprint density at radius 3 is 1.84 bits per heavy atom. The summed E-state index contributed by atoms with van der Waals surface area (Å²) < 4.78 is 99.4. The van der Waals surface area contributed by atoms with Gasteiger partial charge in [-0.1, -0.05) is 12.1 Å². The quantitative estimate of drug-likeness (QED) is 0.0759. The van der Waals surface area contributed by atoms with Gasteiger partial charge in [0.1, 0.15) is 10.6 Å². The van der Waals surface area contributed by atoms with Gasteiger partial charge >= 0.3 is 29.6 Å². The van der Waals surface area contributed by atoms with Crippen LogP contribution in [0.5, 0.6) is 5.75 Å². The zero-order valence-electron chi connectivity index (χ0n) is 25.2. The van der Waals surface area contributed by atoms with Crippen LogP contribution in [0.2, 0.25) is 0 Å². The molecule has 0 fully saturated rings. The van der Waals surface area contributed by atoms with E-state index in [1.807, 2.05) is 0 Å². The standard InChI is InChI=1S/C29H22N4O12S3.Na/c1-15(34)30-24-14-23(47(40,41)42)12-19-13-25(48(43,44)45)27(28(35)26(19)24)33-32-20-6-2-16(3-7-20)29(36)31-21-8-4-18-11-22(46(37,38)39)9-5-17(18)10-21;/h2-14,35H,1H3,(H,30,34)(H,31,36)(H,37,38,39)(H,40,41,42)(H,43,44,45);/q;+1. The zero-order valence-corrected chi connectivity index (χ0v) is 29.6. The van der Waals surface area contributed by atoms with Crippen LogP contribution < -0.4 is 40.2 Å². The van der Waals surface area contributed by atoms with Gasteiger partial charge < -0.3 is 15.7 Å². The predicted octanol–water partition coefficient (Wildman–Crippen LogP) is 2.07. The van der Waals surface area contributed by atoms with E-state index >= 15 is 0 Å². The van der Waals surface area contributed by atoms with Gasteiger partial charge in [-0.05, 0) is 82.9 Å². The van der Waals surface area contributed by atoms with E-state index in [4.69, 9.17) is 0 Å². The van der Waals surface area contributed by atoms with Gasteiger partial charge in [-0.15, -0.1) is 5.11 Å². The molecule has 0 saturated carbocycles. The average Bonchev–Trinajstić information content (AvgIpc) is 2.98. The molecule has 20 heteroatoms. The van der Waals surface area contributed by atoms with E-state index in [-0.39, 0.29) is 62.2 Å². The number of carbonyl (C=O) groups is 2. The maximum absolute atomic E-state index is 12.9. The number of nitrogens with one attached hydrogen (secondary N) is 2. The van der Waals surface area contributed by atoms with Gasteiger partial charge in [0, 0.05) is 23.6 Å². The largest absolute Gasteiger partial charge is 1.00 e. The molecule has 6 N–H and O–H groups in total. The topological polar surface area (TPSA) is 266 Å². The van der Waals surface area contributed by atoms with Crippen molar-refractivity contribution in [2.45, 2.75) is 21.6 Å². The van der Waals surface area contributed by atoms with Gasteiger partial charge in [0.2, 0.25) is 5.91 Å². The van der Waals surface area contributed by atoms with Crippen molar-refractivity contribution in [1.82, 2.24) is 0 Å². The van der Waals surface area contributed by atoms with Crippen molar-refractivity contribution in [3.63, 3.8) is 0 Å². The van der Waals surface area contributed by atoms with Gasteiger partial charge in [-0.3, -0.25) is 23.2 Å². The van der Waals surface area contributed by atoms with Crippen molar-refractivity contribution in [3.8, 4) is 5.75 Å². The second-order valence-electron chi connectivity index (χ2n) is 10.2. The summed E-state index contributed by atoms with van der Waals surface area (Å²) in [5, 5.41) is 24.2. The summed E-state index contributed by atoms with van der Waals surface area (Å²) in [6, 6.07) is 16.4. The maximum Gasteiger partial charge on any atom is 1.00 e. The molecular weight excluding hydrogens is 716 g/mol. The molecule has 0 saturated heterocycles. The summed E-state index contributed by atoms with van der Waals surface area (Å²) in [5.41, 5.74) is -0.483. The van der Waals surface area contributed by atoms with Crippen LogP contribution in [0.15, 0.2) is 104 Å². The average molecular weight is 738 g/mol. The number of anilines is 2. The van der Waals surface area contributed by atoms with Gasteiger partial charge in [-0.2, -0.15) is 30.4 Å². The molecular formula is C29H22N4NaO12S3+. The maximum atomic E-state index is 12.9. The van der Waals surface area contributed by atoms with Crippen LogP contribution in [0.4, 0.5) is 22.7 Å². The number of carbonyl (C=O) groups excluding carboxylic acids is 2. The Balaban J connectivity index is 0.00000541. The van der Waals surface area contributed by atoms with Crippen molar-refractivity contribution in [1.29, 1.82) is 0 Å². The number of amides is 2. The number of fused-ring (bicyclic) bond motifs is 2. The summed E-state index contributed by atoms with van der Waals surface area (Å²) >= 11 is 0. The molecule has 16 nitrogen and oxygen atoms in total. The minimum Gasteiger partial charge on any atom is -0.505 e. The van der Waals surface area contributed by atoms with Gasteiger partial charge in [0.15, 0.2) is 5.75 Å². The first-order valence-electron chi connectivity index (χ1n) is 13.2. The second-order valence-corrected chi connectivity index (χ2v) is 14.4. The Morgan fingerprint density at radius 2 is 1.24 bits per heavy atom. The van der Waals surface area contributed by atoms with E-state index in [1.54, 1.807) is 12.1 Å². The molecule has 0 aliphatic carbocycles. The van der Waals surface area contributed by atoms with Crippen molar-refractivity contribution < 1.29 is 83.2 Å². The van der Waals surface area contributed by atoms with Crippen LogP contribution in [0.1, 0.15) is 17.3 Å². The molecule has 0 aliphatic rings. The van der Waals surface area contributed by atoms with E-state index in [0.29, 0.717) is 16.5 Å². The third-order valence-electron chi connectivity index (χ3n) is 6.77.